The summed E-state index contributed by atoms with van der Waals surface area (Å²) in [5, 5.41) is 0. The van der Waals surface area contributed by atoms with Gasteiger partial charge in [-0.05, 0) is 72.8 Å². The Kier molecular flexibility index (Phi) is 7.36. The van der Waals surface area contributed by atoms with Gasteiger partial charge in [-0.15, -0.1) is 0 Å². The molecule has 0 spiro atoms. The molecule has 1 radical (unpaired) electrons. The van der Waals surface area contributed by atoms with Crippen LogP contribution >= 0.6 is 0 Å². The highest BCUT2D eigenvalue weighted by atomic mass is 127. The summed E-state index contributed by atoms with van der Waals surface area (Å²) >= 11 is -3.22. The fourth-order valence-corrected chi connectivity index (χ4v) is 6.72. The molecule has 0 aliphatic carbocycles. The molecule has 4 aromatic rings. The molecule has 173 valence electrons. The Morgan fingerprint density at radius 1 is 0.559 bits per heavy atom. The van der Waals surface area contributed by atoms with E-state index in [4.69, 9.17) is 12.5 Å². The minimum atomic E-state index is -5.08. The number of hydrogen-bond acceptors (Lipinski definition) is 4. The summed E-state index contributed by atoms with van der Waals surface area (Å²) in [4.78, 5) is 11.7. The first-order valence-electron chi connectivity index (χ1n) is 10.0. The maximum Gasteiger partial charge on any atom is 0.496 e. The topological polar surface area (TPSA) is 44.8 Å². The maximum atomic E-state index is 13.0. The molecule has 0 fully saturated rings. The lowest BCUT2D eigenvalue weighted by Gasteiger charge is -2.09. The van der Waals surface area contributed by atoms with Gasteiger partial charge in [0.2, 0.25) is 0 Å². The van der Waals surface area contributed by atoms with Gasteiger partial charge in [-0.3, -0.25) is 0 Å². The predicted octanol–water partition coefficient (Wildman–Crippen LogP) is 3.96. The molecule has 0 saturated heterocycles. The Labute approximate surface area is 201 Å². The molecule has 0 atom stereocenters. The highest BCUT2D eigenvalue weighted by Gasteiger charge is 2.48. The molecule has 0 amide bonds. The molecule has 4 aromatic carbocycles. The SMILES string of the molecule is O=C(O[I+](c1ccc(Oc2ccccc2)cc1)c1ccc(Oc2ccccc2)cc1)C(F)(F)F. The van der Waals surface area contributed by atoms with Gasteiger partial charge in [-0.1, -0.05) is 36.4 Å². The van der Waals surface area contributed by atoms with Crippen LogP contribution in [0.1, 0.15) is 0 Å². The number of carbonyl (C=O) groups excluding carboxylic acids is 1. The van der Waals surface area contributed by atoms with Crippen LogP contribution in [0, 0.1) is 7.14 Å². The van der Waals surface area contributed by atoms with E-state index in [0.29, 0.717) is 30.1 Å². The monoisotopic (exact) mass is 578 g/mol. The zero-order valence-electron chi connectivity index (χ0n) is 17.5. The zero-order chi connectivity index (χ0) is 24.0. The van der Waals surface area contributed by atoms with Crippen molar-refractivity contribution in [1.82, 2.24) is 0 Å². The van der Waals surface area contributed by atoms with Gasteiger partial charge in [0.1, 0.15) is 23.0 Å². The van der Waals surface area contributed by atoms with Gasteiger partial charge in [0.05, 0.1) is 0 Å². The Bertz CT molecular complexity index is 1130. The molecule has 34 heavy (non-hydrogen) atoms. The third-order valence-corrected chi connectivity index (χ3v) is 8.90. The largest absolute Gasteiger partial charge is 0.496 e. The second-order valence-electron chi connectivity index (χ2n) is 6.85. The first kappa shape index (κ1) is 23.6. The molecular formula is C26H18F3IO4+. The van der Waals surface area contributed by atoms with E-state index >= 15 is 0 Å². The molecule has 0 aliphatic rings. The van der Waals surface area contributed by atoms with Gasteiger partial charge in [0, 0.05) is 0 Å². The summed E-state index contributed by atoms with van der Waals surface area (Å²) in [6, 6.07) is 31.3. The van der Waals surface area contributed by atoms with Crippen LogP contribution in [-0.2, 0) is 7.86 Å². The predicted molar refractivity (Wildman–Crippen MR) is 115 cm³/mol. The highest BCUT2D eigenvalue weighted by Crippen LogP contribution is 2.21. The number of rotatable bonds is 7. The molecule has 4 rings (SSSR count). The highest BCUT2D eigenvalue weighted by molar-refractivity contribution is 5.74. The Morgan fingerprint density at radius 2 is 0.912 bits per heavy atom. The van der Waals surface area contributed by atoms with Crippen molar-refractivity contribution in [3.63, 3.8) is 0 Å². The Hall–Kier alpha value is -3.53. The van der Waals surface area contributed by atoms with E-state index in [1.807, 2.05) is 36.4 Å². The molecule has 0 N–H and O–H groups in total. The van der Waals surface area contributed by atoms with Gasteiger partial charge >= 0.3 is 32.4 Å². The molecule has 0 aliphatic heterocycles. The number of halogens is 4. The number of ether oxygens (including phenoxy) is 2. The van der Waals surface area contributed by atoms with E-state index < -0.39 is 32.4 Å². The first-order valence-corrected chi connectivity index (χ1v) is 13.1. The number of alkyl halides is 3. The molecular weight excluding hydrogens is 560 g/mol. The van der Waals surface area contributed by atoms with Crippen molar-refractivity contribution in [2.75, 3.05) is 0 Å². The quantitative estimate of drug-likeness (QED) is 0.312. The fourth-order valence-electron chi connectivity index (χ4n) is 2.81. The lowest BCUT2D eigenvalue weighted by molar-refractivity contribution is -1.04. The van der Waals surface area contributed by atoms with Crippen LogP contribution in [0.25, 0.3) is 0 Å². The van der Waals surface area contributed by atoms with Crippen molar-refractivity contribution in [2.24, 2.45) is 0 Å². The Morgan fingerprint density at radius 3 is 1.26 bits per heavy atom. The third kappa shape index (κ3) is 6.28. The lowest BCUT2D eigenvalue weighted by Crippen LogP contribution is -3.85. The van der Waals surface area contributed by atoms with Gasteiger partial charge in [-0.2, -0.15) is 13.2 Å². The average Bonchev–Trinajstić information content (AvgIpc) is 2.84. The number of hydrogen-bond donors (Lipinski definition) is 0. The van der Waals surface area contributed by atoms with E-state index in [0.717, 1.165) is 0 Å². The van der Waals surface area contributed by atoms with Crippen molar-refractivity contribution in [3.8, 4) is 23.0 Å². The van der Waals surface area contributed by atoms with Gasteiger partial charge < -0.3 is 9.47 Å². The van der Waals surface area contributed by atoms with Crippen LogP contribution in [0.2, 0.25) is 0 Å². The normalized spacial score (nSPS) is 11.2. The third-order valence-electron chi connectivity index (χ3n) is 4.36. The summed E-state index contributed by atoms with van der Waals surface area (Å²) in [6.45, 7) is 0. The standard InChI is InChI=1S/C26H18F3IO4/c27-26(28,29)25(31)34-30(19-11-15-23(16-12-19)32-21-7-3-1-4-8-21)20-13-17-24(18-14-20)33-22-9-5-2-6-10-22/h1-18H/q+1. The van der Waals surface area contributed by atoms with E-state index in [1.54, 1.807) is 72.8 Å². The molecule has 4 nitrogen and oxygen atoms in total. The molecule has 0 bridgehead atoms. The second kappa shape index (κ2) is 10.6. The van der Waals surface area contributed by atoms with Crippen LogP contribution < -0.4 is 29.7 Å². The molecule has 8 heteroatoms. The van der Waals surface area contributed by atoms with Crippen molar-refractivity contribution in [2.45, 2.75) is 6.18 Å². The lowest BCUT2D eigenvalue weighted by atomic mass is 10.3. The van der Waals surface area contributed by atoms with Gasteiger partial charge in [-0.25, -0.2) is 7.86 Å². The van der Waals surface area contributed by atoms with E-state index in [1.165, 1.54) is 0 Å². The first-order chi connectivity index (χ1) is 16.4. The van der Waals surface area contributed by atoms with Crippen LogP contribution in [-0.4, -0.2) is 12.1 Å². The number of carbonyl (C=O) groups is 1. The van der Waals surface area contributed by atoms with Crippen molar-refractivity contribution < 1.29 is 50.7 Å². The van der Waals surface area contributed by atoms with Gasteiger partial charge in [0.25, 0.3) is 0 Å². The van der Waals surface area contributed by atoms with Crippen molar-refractivity contribution in [1.29, 1.82) is 0 Å². The summed E-state index contributed by atoms with van der Waals surface area (Å²) in [7, 11) is 0. The average molecular weight is 578 g/mol. The van der Waals surface area contributed by atoms with Crippen molar-refractivity contribution >= 4 is 5.97 Å². The minimum absolute atomic E-state index is 0.513. The molecule has 0 heterocycles. The zero-order valence-corrected chi connectivity index (χ0v) is 19.7. The molecule has 0 unspecified atom stereocenters. The van der Waals surface area contributed by atoms with E-state index in [2.05, 4.69) is 0 Å². The minimum Gasteiger partial charge on any atom is -0.457 e. The Balaban J connectivity index is 1.57. The van der Waals surface area contributed by atoms with E-state index in [9.17, 15) is 18.0 Å². The van der Waals surface area contributed by atoms with E-state index in [-0.39, 0.29) is 0 Å². The summed E-state index contributed by atoms with van der Waals surface area (Å²) < 4.78 is 56.4. The van der Waals surface area contributed by atoms with Gasteiger partial charge in [0.15, 0.2) is 7.14 Å². The maximum absolute atomic E-state index is 13.0. The van der Waals surface area contributed by atoms with Crippen LogP contribution in [0.15, 0.2) is 109 Å². The van der Waals surface area contributed by atoms with Crippen molar-refractivity contribution in [3.05, 3.63) is 116 Å². The fraction of sp³-hybridized carbons (Fsp3) is 0.0385. The van der Waals surface area contributed by atoms with Crippen LogP contribution in [0.3, 0.4) is 0 Å². The summed E-state index contributed by atoms with van der Waals surface area (Å²) in [5.74, 6) is 0.0808. The smallest absolute Gasteiger partial charge is 0.457 e. The van der Waals surface area contributed by atoms with Crippen LogP contribution in [0.5, 0.6) is 23.0 Å². The number of benzene rings is 4. The van der Waals surface area contributed by atoms with Crippen LogP contribution in [0.4, 0.5) is 13.2 Å². The molecule has 0 saturated carbocycles. The summed E-state index contributed by atoms with van der Waals surface area (Å²) in [6.07, 6.45) is -5.08. The number of para-hydroxylation sites is 2. The second-order valence-corrected chi connectivity index (χ2v) is 11.2. The molecule has 0 aromatic heterocycles. The summed E-state index contributed by atoms with van der Waals surface area (Å²) in [5.41, 5.74) is 0.